The van der Waals surface area contributed by atoms with Crippen LogP contribution >= 0.6 is 0 Å². The number of benzene rings is 1. The van der Waals surface area contributed by atoms with Gasteiger partial charge in [-0.1, -0.05) is 42.5 Å². The van der Waals surface area contributed by atoms with Crippen LogP contribution in [0.25, 0.3) is 6.08 Å². The Morgan fingerprint density at radius 2 is 1.62 bits per heavy atom. The topological polar surface area (TPSA) is 46.6 Å². The van der Waals surface area contributed by atoms with E-state index in [4.69, 9.17) is 4.84 Å². The third kappa shape index (κ3) is 4.92. The van der Waals surface area contributed by atoms with Crippen molar-refractivity contribution in [2.24, 2.45) is 0 Å². The van der Waals surface area contributed by atoms with Gasteiger partial charge in [0.05, 0.1) is 11.1 Å². The van der Waals surface area contributed by atoms with Gasteiger partial charge in [0.1, 0.15) is 5.57 Å². The standard InChI is InChI=1S/C22H29NO3/c1-17(24)19(14-9-13-18-11-7-6-8-12-18)20(25)26-23-21(2,3)15-10-16-22(23,4)5/h6-9,11-14H,10,15-16H2,1-5H3/b13-9+,19-14-. The van der Waals surface area contributed by atoms with Crippen LogP contribution < -0.4 is 0 Å². The molecule has 0 aromatic heterocycles. The van der Waals surface area contributed by atoms with Crippen molar-refractivity contribution < 1.29 is 14.4 Å². The summed E-state index contributed by atoms with van der Waals surface area (Å²) in [5.41, 5.74) is 0.519. The molecule has 1 fully saturated rings. The Balaban J connectivity index is 2.19. The number of carbonyl (C=O) groups excluding carboxylic acids is 2. The SMILES string of the molecule is CC(=O)/C(=C/C=C/c1ccccc1)C(=O)ON1C(C)(C)CCCC1(C)C. The van der Waals surface area contributed by atoms with Crippen molar-refractivity contribution in [3.8, 4) is 0 Å². The third-order valence-corrected chi connectivity index (χ3v) is 4.80. The second-order valence-corrected chi connectivity index (χ2v) is 8.06. The zero-order valence-electron chi connectivity index (χ0n) is 16.4. The molecule has 4 nitrogen and oxygen atoms in total. The molecule has 1 saturated heterocycles. The van der Waals surface area contributed by atoms with Crippen molar-refractivity contribution in [2.45, 2.75) is 65.0 Å². The van der Waals surface area contributed by atoms with Gasteiger partial charge >= 0.3 is 5.97 Å². The first-order valence-electron chi connectivity index (χ1n) is 9.10. The second-order valence-electron chi connectivity index (χ2n) is 8.06. The fourth-order valence-electron chi connectivity index (χ4n) is 3.50. The van der Waals surface area contributed by atoms with Gasteiger partial charge in [-0.2, -0.15) is 0 Å². The van der Waals surface area contributed by atoms with Crippen molar-refractivity contribution in [1.82, 2.24) is 5.06 Å². The summed E-state index contributed by atoms with van der Waals surface area (Å²) in [6.45, 7) is 9.64. The molecular weight excluding hydrogens is 326 g/mol. The molecule has 0 bridgehead atoms. The van der Waals surface area contributed by atoms with E-state index in [0.29, 0.717) is 0 Å². The zero-order chi connectivity index (χ0) is 19.4. The maximum atomic E-state index is 12.7. The first kappa shape index (κ1) is 20.1. The molecule has 4 heteroatoms. The van der Waals surface area contributed by atoms with E-state index in [9.17, 15) is 9.59 Å². The fourth-order valence-corrected chi connectivity index (χ4v) is 3.50. The van der Waals surface area contributed by atoms with Crippen LogP contribution in [0.4, 0.5) is 0 Å². The van der Waals surface area contributed by atoms with Crippen LogP contribution in [0.2, 0.25) is 0 Å². The predicted octanol–water partition coefficient (Wildman–Crippen LogP) is 4.72. The van der Waals surface area contributed by atoms with Gasteiger partial charge in [-0.3, -0.25) is 4.79 Å². The molecule has 0 spiro atoms. The average molecular weight is 355 g/mol. The third-order valence-electron chi connectivity index (χ3n) is 4.80. The minimum atomic E-state index is -0.599. The van der Waals surface area contributed by atoms with Gasteiger partial charge in [-0.15, -0.1) is 5.06 Å². The molecule has 0 aliphatic carbocycles. The van der Waals surface area contributed by atoms with E-state index in [1.165, 1.54) is 13.0 Å². The first-order chi connectivity index (χ1) is 12.1. The van der Waals surface area contributed by atoms with Gasteiger partial charge < -0.3 is 4.84 Å². The number of Topliss-reactive ketones (excluding diaryl/α,β-unsaturated/α-hetero) is 1. The molecule has 2 rings (SSSR count). The largest absolute Gasteiger partial charge is 0.363 e. The lowest BCUT2D eigenvalue weighted by atomic mass is 9.82. The molecule has 1 heterocycles. The highest BCUT2D eigenvalue weighted by Crippen LogP contribution is 2.38. The van der Waals surface area contributed by atoms with Crippen LogP contribution in [-0.2, 0) is 14.4 Å². The number of allylic oxidation sites excluding steroid dienone is 2. The molecule has 0 N–H and O–H groups in total. The summed E-state index contributed by atoms with van der Waals surface area (Å²) in [4.78, 5) is 30.4. The molecular formula is C22H29NO3. The molecule has 0 saturated carbocycles. The highest BCUT2D eigenvalue weighted by atomic mass is 16.7. The highest BCUT2D eigenvalue weighted by Gasteiger charge is 2.44. The number of nitrogens with zero attached hydrogens (tertiary/aromatic N) is 1. The molecule has 1 aliphatic rings. The van der Waals surface area contributed by atoms with Crippen LogP contribution in [0.3, 0.4) is 0 Å². The fraction of sp³-hybridized carbons (Fsp3) is 0.455. The zero-order valence-corrected chi connectivity index (χ0v) is 16.4. The highest BCUT2D eigenvalue weighted by molar-refractivity contribution is 6.16. The van der Waals surface area contributed by atoms with Crippen LogP contribution in [0.1, 0.15) is 59.4 Å². The number of hydrogen-bond donors (Lipinski definition) is 0. The average Bonchev–Trinajstić information content (AvgIpc) is 2.55. The van der Waals surface area contributed by atoms with E-state index >= 15 is 0 Å². The quantitative estimate of drug-likeness (QED) is 0.332. The number of piperidine rings is 1. The van der Waals surface area contributed by atoms with E-state index in [2.05, 4.69) is 27.7 Å². The maximum absolute atomic E-state index is 12.7. The molecule has 1 aromatic rings. The Morgan fingerprint density at radius 3 is 2.15 bits per heavy atom. The van der Waals surface area contributed by atoms with Crippen LogP contribution in [0, 0.1) is 0 Å². The smallest absolute Gasteiger partial charge is 0.360 e. The lowest BCUT2D eigenvalue weighted by molar-refractivity contribution is -0.262. The first-order valence-corrected chi connectivity index (χ1v) is 9.10. The van der Waals surface area contributed by atoms with E-state index in [0.717, 1.165) is 24.8 Å². The molecule has 0 unspecified atom stereocenters. The summed E-state index contributed by atoms with van der Waals surface area (Å²) in [5, 5.41) is 1.77. The summed E-state index contributed by atoms with van der Waals surface area (Å²) in [7, 11) is 0. The monoisotopic (exact) mass is 355 g/mol. The van der Waals surface area contributed by atoms with E-state index in [1.54, 1.807) is 11.1 Å². The van der Waals surface area contributed by atoms with Crippen molar-refractivity contribution in [1.29, 1.82) is 0 Å². The van der Waals surface area contributed by atoms with Gasteiger partial charge in [-0.25, -0.2) is 4.79 Å². The summed E-state index contributed by atoms with van der Waals surface area (Å²) in [5.74, 6) is -0.904. The molecule has 0 radical (unpaired) electrons. The normalized spacial score (nSPS) is 20.1. The Kier molecular flexibility index (Phi) is 6.19. The van der Waals surface area contributed by atoms with E-state index in [-0.39, 0.29) is 22.4 Å². The number of carbonyl (C=O) groups is 2. The van der Waals surface area contributed by atoms with Crippen LogP contribution in [0.5, 0.6) is 0 Å². The Morgan fingerprint density at radius 1 is 1.04 bits per heavy atom. The van der Waals surface area contributed by atoms with Crippen molar-refractivity contribution >= 4 is 17.8 Å². The molecule has 140 valence electrons. The Hall–Kier alpha value is -2.20. The van der Waals surface area contributed by atoms with E-state index < -0.39 is 5.97 Å². The molecule has 0 amide bonds. The summed E-state index contributed by atoms with van der Waals surface area (Å²) < 4.78 is 0. The second kappa shape index (κ2) is 8.00. The predicted molar refractivity (Wildman–Crippen MR) is 104 cm³/mol. The van der Waals surface area contributed by atoms with Gasteiger partial charge in [0.15, 0.2) is 5.78 Å². The van der Waals surface area contributed by atoms with Gasteiger partial charge in [-0.05, 0) is 65.5 Å². The minimum absolute atomic E-state index is 0.0503. The van der Waals surface area contributed by atoms with E-state index in [1.807, 2.05) is 36.4 Å². The Bertz CT molecular complexity index is 698. The minimum Gasteiger partial charge on any atom is -0.363 e. The van der Waals surface area contributed by atoms with Crippen molar-refractivity contribution in [2.75, 3.05) is 0 Å². The number of hydrogen-bond acceptors (Lipinski definition) is 4. The molecule has 1 aromatic carbocycles. The Labute approximate surface area is 156 Å². The van der Waals surface area contributed by atoms with Crippen LogP contribution in [0.15, 0.2) is 48.1 Å². The van der Waals surface area contributed by atoms with Crippen LogP contribution in [-0.4, -0.2) is 27.9 Å². The maximum Gasteiger partial charge on any atom is 0.360 e. The molecule has 0 atom stereocenters. The molecule has 26 heavy (non-hydrogen) atoms. The van der Waals surface area contributed by atoms with Crippen molar-refractivity contribution in [3.63, 3.8) is 0 Å². The van der Waals surface area contributed by atoms with Crippen molar-refractivity contribution in [3.05, 3.63) is 53.6 Å². The summed E-state index contributed by atoms with van der Waals surface area (Å²) >= 11 is 0. The van der Waals surface area contributed by atoms with Gasteiger partial charge in [0, 0.05) is 0 Å². The van der Waals surface area contributed by atoms with Gasteiger partial charge in [0.2, 0.25) is 0 Å². The number of ketones is 1. The lowest BCUT2D eigenvalue weighted by Crippen LogP contribution is -2.59. The van der Waals surface area contributed by atoms with Gasteiger partial charge in [0.25, 0.3) is 0 Å². The number of rotatable bonds is 5. The molecule has 1 aliphatic heterocycles. The summed E-state index contributed by atoms with van der Waals surface area (Å²) in [6, 6.07) is 9.71. The summed E-state index contributed by atoms with van der Waals surface area (Å²) in [6.07, 6.45) is 8.06. The number of hydroxylamine groups is 2. The lowest BCUT2D eigenvalue weighted by Gasteiger charge is -2.50.